The lowest BCUT2D eigenvalue weighted by molar-refractivity contribution is -0.143. The maximum absolute atomic E-state index is 12.5. The average molecular weight is 252 g/mol. The molecule has 1 aliphatic heterocycles. The minimum atomic E-state index is -0.839. The van der Waals surface area contributed by atoms with Crippen LogP contribution in [0.3, 0.4) is 0 Å². The van der Waals surface area contributed by atoms with Crippen molar-refractivity contribution in [3.05, 3.63) is 0 Å². The standard InChI is InChI=1S/C14H24N2O2/c1-4-14(5-2,11-15)13(17)16-9-7-8-12(10-16)18-6-3/h12H,4-10H2,1-3H3. The lowest BCUT2D eigenvalue weighted by Gasteiger charge is -2.37. The molecule has 4 heteroatoms. The number of carbonyl (C=O) groups excluding carboxylic acids is 1. The van der Waals surface area contributed by atoms with Crippen molar-refractivity contribution in [2.24, 2.45) is 5.41 Å². The number of nitrogens with zero attached hydrogens (tertiary/aromatic N) is 2. The summed E-state index contributed by atoms with van der Waals surface area (Å²) in [5.74, 6) is -0.0144. The Kier molecular flexibility index (Phi) is 5.61. The first-order valence-corrected chi connectivity index (χ1v) is 6.95. The minimum Gasteiger partial charge on any atom is -0.377 e. The van der Waals surface area contributed by atoms with E-state index in [0.29, 0.717) is 26.0 Å². The van der Waals surface area contributed by atoms with Crippen LogP contribution in [-0.2, 0) is 9.53 Å². The van der Waals surface area contributed by atoms with Crippen LogP contribution in [0.1, 0.15) is 46.5 Å². The second-order valence-corrected chi connectivity index (χ2v) is 4.87. The van der Waals surface area contributed by atoms with Gasteiger partial charge in [0.1, 0.15) is 5.41 Å². The first-order chi connectivity index (χ1) is 8.63. The van der Waals surface area contributed by atoms with Crippen molar-refractivity contribution in [3.63, 3.8) is 0 Å². The maximum Gasteiger partial charge on any atom is 0.243 e. The average Bonchev–Trinajstić information content (AvgIpc) is 2.42. The van der Waals surface area contributed by atoms with Gasteiger partial charge in [0.15, 0.2) is 0 Å². The molecule has 1 aliphatic rings. The number of carbonyl (C=O) groups is 1. The zero-order valence-corrected chi connectivity index (χ0v) is 11.7. The summed E-state index contributed by atoms with van der Waals surface area (Å²) in [6.07, 6.45) is 3.27. The molecule has 1 fully saturated rings. The third-order valence-electron chi connectivity index (χ3n) is 3.90. The zero-order valence-electron chi connectivity index (χ0n) is 11.7. The van der Waals surface area contributed by atoms with Crippen LogP contribution >= 0.6 is 0 Å². The summed E-state index contributed by atoms with van der Waals surface area (Å²) in [5.41, 5.74) is -0.839. The number of hydrogen-bond acceptors (Lipinski definition) is 3. The predicted octanol–water partition coefficient (Wildman–Crippen LogP) is 2.34. The van der Waals surface area contributed by atoms with Crippen LogP contribution in [0.4, 0.5) is 0 Å². The molecule has 1 heterocycles. The fourth-order valence-corrected chi connectivity index (χ4v) is 2.56. The first-order valence-electron chi connectivity index (χ1n) is 6.95. The van der Waals surface area contributed by atoms with Crippen molar-refractivity contribution >= 4 is 5.91 Å². The SMILES string of the molecule is CCOC1CCCN(C(=O)C(C#N)(CC)CC)C1. The number of amides is 1. The van der Waals surface area contributed by atoms with Crippen LogP contribution in [0.5, 0.6) is 0 Å². The molecule has 0 aromatic carbocycles. The number of rotatable bonds is 5. The molecular formula is C14H24N2O2. The molecule has 1 amide bonds. The van der Waals surface area contributed by atoms with E-state index in [1.54, 1.807) is 0 Å². The van der Waals surface area contributed by atoms with Crippen molar-refractivity contribution in [3.8, 4) is 6.07 Å². The molecule has 0 radical (unpaired) electrons. The van der Waals surface area contributed by atoms with E-state index >= 15 is 0 Å². The van der Waals surface area contributed by atoms with Gasteiger partial charge in [-0.25, -0.2) is 0 Å². The topological polar surface area (TPSA) is 53.3 Å². The van der Waals surface area contributed by atoms with E-state index in [1.165, 1.54) is 0 Å². The molecule has 0 bridgehead atoms. The van der Waals surface area contributed by atoms with Crippen molar-refractivity contribution in [1.82, 2.24) is 4.90 Å². The molecular weight excluding hydrogens is 228 g/mol. The van der Waals surface area contributed by atoms with E-state index < -0.39 is 5.41 Å². The summed E-state index contributed by atoms with van der Waals surface area (Å²) in [5, 5.41) is 9.32. The first kappa shape index (κ1) is 15.0. The molecule has 0 aromatic heterocycles. The molecule has 0 aromatic rings. The molecule has 0 aliphatic carbocycles. The van der Waals surface area contributed by atoms with Crippen LogP contribution in [0.25, 0.3) is 0 Å². The van der Waals surface area contributed by atoms with Gasteiger partial charge in [-0.3, -0.25) is 4.79 Å². The Hall–Kier alpha value is -1.08. The molecule has 1 unspecified atom stereocenters. The monoisotopic (exact) mass is 252 g/mol. The largest absolute Gasteiger partial charge is 0.377 e. The number of likely N-dealkylation sites (tertiary alicyclic amines) is 1. The fraction of sp³-hybridized carbons (Fsp3) is 0.857. The highest BCUT2D eigenvalue weighted by Crippen LogP contribution is 2.29. The van der Waals surface area contributed by atoms with Crippen molar-refractivity contribution < 1.29 is 9.53 Å². The van der Waals surface area contributed by atoms with Crippen LogP contribution in [0, 0.1) is 16.7 Å². The quantitative estimate of drug-likeness (QED) is 0.754. The molecule has 0 saturated carbocycles. The molecule has 1 atom stereocenters. The summed E-state index contributed by atoms with van der Waals surface area (Å²) in [4.78, 5) is 14.3. The van der Waals surface area contributed by atoms with E-state index in [-0.39, 0.29) is 12.0 Å². The Labute approximate surface area is 110 Å². The highest BCUT2D eigenvalue weighted by atomic mass is 16.5. The highest BCUT2D eigenvalue weighted by molar-refractivity contribution is 5.85. The Morgan fingerprint density at radius 3 is 2.61 bits per heavy atom. The molecule has 4 nitrogen and oxygen atoms in total. The van der Waals surface area contributed by atoms with Gasteiger partial charge in [-0.2, -0.15) is 5.26 Å². The van der Waals surface area contributed by atoms with Gasteiger partial charge in [0.25, 0.3) is 0 Å². The normalized spacial score (nSPS) is 20.6. The van der Waals surface area contributed by atoms with Gasteiger partial charge in [-0.15, -0.1) is 0 Å². The Balaban J connectivity index is 2.74. The maximum atomic E-state index is 12.5. The lowest BCUT2D eigenvalue weighted by atomic mass is 9.82. The van der Waals surface area contributed by atoms with Crippen molar-refractivity contribution in [2.45, 2.75) is 52.6 Å². The summed E-state index contributed by atoms with van der Waals surface area (Å²) < 4.78 is 5.60. The molecule has 1 saturated heterocycles. The summed E-state index contributed by atoms with van der Waals surface area (Å²) >= 11 is 0. The van der Waals surface area contributed by atoms with E-state index in [0.717, 1.165) is 19.4 Å². The number of ether oxygens (including phenoxy) is 1. The van der Waals surface area contributed by atoms with E-state index in [2.05, 4.69) is 6.07 Å². The predicted molar refractivity (Wildman–Crippen MR) is 69.9 cm³/mol. The van der Waals surface area contributed by atoms with Crippen molar-refractivity contribution in [2.75, 3.05) is 19.7 Å². The highest BCUT2D eigenvalue weighted by Gasteiger charge is 2.39. The number of nitriles is 1. The molecule has 0 spiro atoms. The third-order valence-corrected chi connectivity index (χ3v) is 3.90. The van der Waals surface area contributed by atoms with Gasteiger partial charge >= 0.3 is 0 Å². The summed E-state index contributed by atoms with van der Waals surface area (Å²) in [7, 11) is 0. The fourth-order valence-electron chi connectivity index (χ4n) is 2.56. The van der Waals surface area contributed by atoms with Gasteiger partial charge in [0.2, 0.25) is 5.91 Å². The van der Waals surface area contributed by atoms with Crippen LogP contribution in [0.2, 0.25) is 0 Å². The Morgan fingerprint density at radius 1 is 1.44 bits per heavy atom. The number of piperidine rings is 1. The smallest absolute Gasteiger partial charge is 0.243 e. The zero-order chi connectivity index (χ0) is 13.6. The second-order valence-electron chi connectivity index (χ2n) is 4.87. The molecule has 1 rings (SSSR count). The number of hydrogen-bond donors (Lipinski definition) is 0. The molecule has 18 heavy (non-hydrogen) atoms. The summed E-state index contributed by atoms with van der Waals surface area (Å²) in [6.45, 7) is 7.86. The van der Waals surface area contributed by atoms with Crippen LogP contribution < -0.4 is 0 Å². The minimum absolute atomic E-state index is 0.0144. The van der Waals surface area contributed by atoms with Crippen LogP contribution in [-0.4, -0.2) is 36.6 Å². The van der Waals surface area contributed by atoms with Gasteiger partial charge in [-0.05, 0) is 32.6 Å². The molecule has 102 valence electrons. The lowest BCUT2D eigenvalue weighted by Crippen LogP contribution is -2.49. The van der Waals surface area contributed by atoms with E-state index in [9.17, 15) is 10.1 Å². The Bertz CT molecular complexity index is 316. The van der Waals surface area contributed by atoms with Gasteiger partial charge in [0, 0.05) is 19.7 Å². The second kappa shape index (κ2) is 6.75. The Morgan fingerprint density at radius 2 is 2.11 bits per heavy atom. The van der Waals surface area contributed by atoms with E-state index in [1.807, 2.05) is 25.7 Å². The van der Waals surface area contributed by atoms with Crippen LogP contribution in [0.15, 0.2) is 0 Å². The third kappa shape index (κ3) is 3.02. The molecule has 0 N–H and O–H groups in total. The summed E-state index contributed by atoms with van der Waals surface area (Å²) in [6, 6.07) is 2.23. The van der Waals surface area contributed by atoms with Gasteiger partial charge < -0.3 is 9.64 Å². The van der Waals surface area contributed by atoms with Crippen molar-refractivity contribution in [1.29, 1.82) is 5.26 Å². The van der Waals surface area contributed by atoms with Gasteiger partial charge in [-0.1, -0.05) is 13.8 Å². The van der Waals surface area contributed by atoms with Gasteiger partial charge in [0.05, 0.1) is 12.2 Å². The van der Waals surface area contributed by atoms with E-state index in [4.69, 9.17) is 4.74 Å².